The Bertz CT molecular complexity index is 946. The van der Waals surface area contributed by atoms with Crippen molar-refractivity contribution in [2.75, 3.05) is 39.5 Å². The zero-order valence-corrected chi connectivity index (χ0v) is 26.4. The summed E-state index contributed by atoms with van der Waals surface area (Å²) in [6.07, 6.45) is 5.87. The highest BCUT2D eigenvalue weighted by molar-refractivity contribution is 6.71. The van der Waals surface area contributed by atoms with E-state index in [9.17, 15) is 0 Å². The van der Waals surface area contributed by atoms with Crippen molar-refractivity contribution >= 4 is 29.6 Å². The minimum Gasteiger partial charge on any atom is -0.418 e. The van der Waals surface area contributed by atoms with Gasteiger partial charge in [-0.1, -0.05) is 48.5 Å². The van der Waals surface area contributed by atoms with Gasteiger partial charge in [0.2, 0.25) is 0 Å². The Morgan fingerprint density at radius 3 is 1.37 bits per heavy atom. The maximum atomic E-state index is 5.92. The fourth-order valence-electron chi connectivity index (χ4n) is 4.31. The van der Waals surface area contributed by atoms with Gasteiger partial charge in [-0.15, -0.1) is 0 Å². The second kappa shape index (κ2) is 17.6. The van der Waals surface area contributed by atoms with Crippen LogP contribution in [-0.2, 0) is 17.7 Å². The lowest BCUT2D eigenvalue weighted by Gasteiger charge is -2.28. The molecule has 0 heterocycles. The third kappa shape index (κ3) is 11.8. The SMILES string of the molecule is CCO[Si](C)(C)CCC/N=C/c1ccc(-c2ccc(/C=N/CCC[Si](OCC)(OCC)OCC)cc2)cc1. The van der Waals surface area contributed by atoms with Crippen LogP contribution < -0.4 is 0 Å². The van der Waals surface area contributed by atoms with Crippen molar-refractivity contribution in [1.29, 1.82) is 0 Å². The highest BCUT2D eigenvalue weighted by Gasteiger charge is 2.39. The molecule has 0 aliphatic carbocycles. The topological polar surface area (TPSA) is 61.6 Å². The van der Waals surface area contributed by atoms with Gasteiger partial charge in [-0.3, -0.25) is 9.98 Å². The number of nitrogens with zero attached hydrogens (tertiary/aromatic N) is 2. The minimum absolute atomic E-state index is 0.604. The largest absolute Gasteiger partial charge is 0.500 e. The van der Waals surface area contributed by atoms with Crippen LogP contribution in [0.25, 0.3) is 11.1 Å². The normalized spacial score (nSPS) is 12.7. The molecule has 0 saturated heterocycles. The van der Waals surface area contributed by atoms with Crippen LogP contribution in [0.4, 0.5) is 0 Å². The fraction of sp³-hybridized carbons (Fsp3) is 0.533. The molecule has 38 heavy (non-hydrogen) atoms. The molecule has 6 nitrogen and oxygen atoms in total. The molecule has 0 fully saturated rings. The summed E-state index contributed by atoms with van der Waals surface area (Å²) in [4.78, 5) is 9.22. The molecule has 0 spiro atoms. The van der Waals surface area contributed by atoms with E-state index >= 15 is 0 Å². The summed E-state index contributed by atoms with van der Waals surface area (Å²) < 4.78 is 23.6. The molecule has 0 amide bonds. The summed E-state index contributed by atoms with van der Waals surface area (Å²) in [5.41, 5.74) is 4.61. The first-order chi connectivity index (χ1) is 18.4. The Labute approximate surface area is 233 Å². The third-order valence-corrected chi connectivity index (χ3v) is 11.9. The molecule has 2 rings (SSSR count). The maximum Gasteiger partial charge on any atom is 0.500 e. The molecule has 0 unspecified atom stereocenters. The summed E-state index contributed by atoms with van der Waals surface area (Å²) in [5, 5.41) is 0. The molecule has 2 aromatic rings. The first-order valence-corrected chi connectivity index (χ1v) is 19.2. The number of hydrogen-bond acceptors (Lipinski definition) is 6. The van der Waals surface area contributed by atoms with Gasteiger partial charge in [-0.05, 0) is 81.9 Å². The predicted molar refractivity (Wildman–Crippen MR) is 165 cm³/mol. The second-order valence-electron chi connectivity index (χ2n) is 9.70. The average molecular weight is 557 g/mol. The zero-order chi connectivity index (χ0) is 27.7. The van der Waals surface area contributed by atoms with E-state index in [0.717, 1.165) is 55.8 Å². The second-order valence-corrected chi connectivity index (χ2v) is 16.7. The maximum absolute atomic E-state index is 5.92. The highest BCUT2D eigenvalue weighted by Crippen LogP contribution is 2.21. The van der Waals surface area contributed by atoms with E-state index in [1.807, 2.05) is 33.2 Å². The van der Waals surface area contributed by atoms with Crippen LogP contribution in [0.3, 0.4) is 0 Å². The van der Waals surface area contributed by atoms with E-state index in [4.69, 9.17) is 17.7 Å². The van der Waals surface area contributed by atoms with Crippen LogP contribution in [0.1, 0.15) is 51.7 Å². The summed E-state index contributed by atoms with van der Waals surface area (Å²) in [6, 6.07) is 19.0. The Morgan fingerprint density at radius 2 is 0.974 bits per heavy atom. The summed E-state index contributed by atoms with van der Waals surface area (Å²) in [7, 11) is -4.08. The number of rotatable bonds is 19. The lowest BCUT2D eigenvalue weighted by atomic mass is 10.0. The molecule has 0 N–H and O–H groups in total. The van der Waals surface area contributed by atoms with Crippen LogP contribution in [0.2, 0.25) is 25.2 Å². The zero-order valence-electron chi connectivity index (χ0n) is 24.4. The molecule has 0 bridgehead atoms. The fourth-order valence-corrected chi connectivity index (χ4v) is 8.84. The van der Waals surface area contributed by atoms with Gasteiger partial charge >= 0.3 is 8.80 Å². The van der Waals surface area contributed by atoms with Crippen LogP contribution in [0.15, 0.2) is 58.5 Å². The van der Waals surface area contributed by atoms with Crippen molar-refractivity contribution in [3.63, 3.8) is 0 Å². The molecular weight excluding hydrogens is 509 g/mol. The number of hydrogen-bond donors (Lipinski definition) is 0. The standard InChI is InChI=1S/C30H48N2O4Si2/c1-7-33-37(5,6)23-11-21-31-25-27-13-17-29(18-14-27)30-19-15-28(16-20-30)26-32-22-12-24-38(34-8-2,35-9-3)36-10-4/h13-20,25-26H,7-12,21-24H2,1-6H3/b31-25+,32-26+. The Hall–Kier alpha value is -1.95. The van der Waals surface area contributed by atoms with Gasteiger partial charge in [-0.2, -0.15) is 0 Å². The molecule has 0 aromatic heterocycles. The van der Waals surface area contributed by atoms with E-state index in [1.165, 1.54) is 11.1 Å². The van der Waals surface area contributed by atoms with Crippen LogP contribution in [-0.4, -0.2) is 69.1 Å². The summed E-state index contributed by atoms with van der Waals surface area (Å²) >= 11 is 0. The van der Waals surface area contributed by atoms with Gasteiger partial charge in [0.25, 0.3) is 0 Å². The first kappa shape index (κ1) is 32.3. The highest BCUT2D eigenvalue weighted by atomic mass is 28.4. The summed E-state index contributed by atoms with van der Waals surface area (Å²) in [5.74, 6) is 0. The van der Waals surface area contributed by atoms with Gasteiger partial charge in [-0.25, -0.2) is 0 Å². The Morgan fingerprint density at radius 1 is 0.579 bits per heavy atom. The van der Waals surface area contributed by atoms with E-state index in [2.05, 4.69) is 78.5 Å². The lowest BCUT2D eigenvalue weighted by Crippen LogP contribution is -2.46. The molecular formula is C30H48N2O4Si2. The van der Waals surface area contributed by atoms with Gasteiger partial charge in [0.1, 0.15) is 0 Å². The average Bonchev–Trinajstić information content (AvgIpc) is 2.89. The van der Waals surface area contributed by atoms with Crippen LogP contribution >= 0.6 is 0 Å². The molecule has 0 atom stereocenters. The van der Waals surface area contributed by atoms with E-state index in [-0.39, 0.29) is 0 Å². The monoisotopic (exact) mass is 556 g/mol. The molecule has 210 valence electrons. The number of benzene rings is 2. The molecule has 8 heteroatoms. The van der Waals surface area contributed by atoms with Crippen molar-refractivity contribution in [3.8, 4) is 11.1 Å². The van der Waals surface area contributed by atoms with Crippen molar-refractivity contribution < 1.29 is 17.7 Å². The van der Waals surface area contributed by atoms with Gasteiger partial charge in [0, 0.05) is 58.0 Å². The molecule has 0 saturated carbocycles. The minimum atomic E-state index is -2.58. The molecule has 2 aromatic carbocycles. The number of aliphatic imine (C=N–C) groups is 2. The van der Waals surface area contributed by atoms with Crippen molar-refractivity contribution in [3.05, 3.63) is 59.7 Å². The van der Waals surface area contributed by atoms with Crippen LogP contribution in [0.5, 0.6) is 0 Å². The van der Waals surface area contributed by atoms with Crippen molar-refractivity contribution in [2.45, 2.75) is 65.7 Å². The molecule has 0 radical (unpaired) electrons. The quantitative estimate of drug-likeness (QED) is 0.104. The molecule has 0 aliphatic rings. The van der Waals surface area contributed by atoms with E-state index in [1.54, 1.807) is 0 Å². The lowest BCUT2D eigenvalue weighted by molar-refractivity contribution is 0.0710. The van der Waals surface area contributed by atoms with Crippen LogP contribution in [0, 0.1) is 0 Å². The third-order valence-electron chi connectivity index (χ3n) is 6.10. The van der Waals surface area contributed by atoms with Gasteiger partial charge in [0.05, 0.1) is 0 Å². The Kier molecular flexibility index (Phi) is 14.9. The van der Waals surface area contributed by atoms with Crippen molar-refractivity contribution in [2.24, 2.45) is 9.98 Å². The van der Waals surface area contributed by atoms with Gasteiger partial charge < -0.3 is 17.7 Å². The smallest absolute Gasteiger partial charge is 0.418 e. The summed E-state index contributed by atoms with van der Waals surface area (Å²) in [6.45, 7) is 16.8. The first-order valence-electron chi connectivity index (χ1n) is 14.1. The Balaban J connectivity index is 1.82. The van der Waals surface area contributed by atoms with Crippen molar-refractivity contribution in [1.82, 2.24) is 0 Å². The predicted octanol–water partition coefficient (Wildman–Crippen LogP) is 7.26. The van der Waals surface area contributed by atoms with Gasteiger partial charge in [0.15, 0.2) is 8.32 Å². The van der Waals surface area contributed by atoms with E-state index < -0.39 is 17.1 Å². The van der Waals surface area contributed by atoms with E-state index in [0.29, 0.717) is 19.8 Å². The molecule has 0 aliphatic heterocycles.